The second-order valence-corrected chi connectivity index (χ2v) is 3.04. The third kappa shape index (κ3) is 47.3. The summed E-state index contributed by atoms with van der Waals surface area (Å²) in [6.07, 6.45) is 0. The maximum Gasteiger partial charge on any atom is 0.267 e. The Labute approximate surface area is 64.3 Å². The van der Waals surface area contributed by atoms with E-state index < -0.39 is 22.5 Å². The smallest absolute Gasteiger partial charge is 0.267 e. The highest BCUT2D eigenvalue weighted by Crippen LogP contribution is 1.75. The SMILES string of the molecule is N=C(N)N.O=S(=O)(O)CCO. The van der Waals surface area contributed by atoms with Crippen LogP contribution >= 0.6 is 0 Å². The number of aliphatic hydroxyl groups excluding tert-OH is 1. The van der Waals surface area contributed by atoms with Gasteiger partial charge in [0.05, 0.1) is 12.4 Å². The van der Waals surface area contributed by atoms with Crippen molar-refractivity contribution in [3.8, 4) is 0 Å². The molecule has 0 unspecified atom stereocenters. The lowest BCUT2D eigenvalue weighted by Gasteiger charge is -1.85. The standard InChI is InChI=1S/C2H6O4S.CH5N3/c3-1-2-7(4,5)6;2-1(3)4/h3H,1-2H2,(H,4,5,6);(H5,2,3,4). The molecule has 0 fully saturated rings. The zero-order valence-electron chi connectivity index (χ0n) is 5.69. The van der Waals surface area contributed by atoms with Gasteiger partial charge >= 0.3 is 0 Å². The minimum atomic E-state index is -3.92. The Kier molecular flexibility index (Phi) is 6.85. The predicted molar refractivity (Wildman–Crippen MR) is 39.6 cm³/mol. The van der Waals surface area contributed by atoms with E-state index in [-0.39, 0.29) is 5.96 Å². The Morgan fingerprint density at radius 2 is 1.73 bits per heavy atom. The van der Waals surface area contributed by atoms with Crippen molar-refractivity contribution in [2.45, 2.75) is 0 Å². The largest absolute Gasteiger partial charge is 0.395 e. The van der Waals surface area contributed by atoms with Crippen molar-refractivity contribution in [2.75, 3.05) is 12.4 Å². The van der Waals surface area contributed by atoms with E-state index in [1.54, 1.807) is 0 Å². The molecule has 68 valence electrons. The van der Waals surface area contributed by atoms with Crippen molar-refractivity contribution in [1.29, 1.82) is 5.41 Å². The van der Waals surface area contributed by atoms with E-state index in [1.807, 2.05) is 0 Å². The summed E-state index contributed by atoms with van der Waals surface area (Å²) in [4.78, 5) is 0. The van der Waals surface area contributed by atoms with Crippen molar-refractivity contribution in [3.63, 3.8) is 0 Å². The molecule has 7 N–H and O–H groups in total. The van der Waals surface area contributed by atoms with Gasteiger partial charge in [0.2, 0.25) is 0 Å². The van der Waals surface area contributed by atoms with Gasteiger partial charge in [0.15, 0.2) is 5.96 Å². The maximum absolute atomic E-state index is 9.63. The van der Waals surface area contributed by atoms with Gasteiger partial charge in [-0.3, -0.25) is 9.96 Å². The van der Waals surface area contributed by atoms with Crippen LogP contribution in [0, 0.1) is 5.41 Å². The zero-order chi connectivity index (χ0) is 9.49. The van der Waals surface area contributed by atoms with Gasteiger partial charge in [0.25, 0.3) is 10.1 Å². The van der Waals surface area contributed by atoms with Crippen LogP contribution < -0.4 is 11.5 Å². The highest BCUT2D eigenvalue weighted by atomic mass is 32.2. The summed E-state index contributed by atoms with van der Waals surface area (Å²) in [6.45, 7) is -0.529. The Hall–Kier alpha value is -0.860. The highest BCUT2D eigenvalue weighted by Gasteiger charge is 1.99. The first-order valence-electron chi connectivity index (χ1n) is 2.45. The van der Waals surface area contributed by atoms with Crippen molar-refractivity contribution in [3.05, 3.63) is 0 Å². The van der Waals surface area contributed by atoms with E-state index in [4.69, 9.17) is 15.1 Å². The predicted octanol–water partition coefficient (Wildman–Crippen LogP) is -2.29. The summed E-state index contributed by atoms with van der Waals surface area (Å²) in [6, 6.07) is 0. The van der Waals surface area contributed by atoms with E-state index in [0.717, 1.165) is 0 Å². The minimum absolute atomic E-state index is 0.333. The van der Waals surface area contributed by atoms with Gasteiger partial charge in [-0.1, -0.05) is 0 Å². The Morgan fingerprint density at radius 3 is 1.73 bits per heavy atom. The van der Waals surface area contributed by atoms with Crippen molar-refractivity contribution in [1.82, 2.24) is 0 Å². The van der Waals surface area contributed by atoms with Crippen LogP contribution in [0.5, 0.6) is 0 Å². The first kappa shape index (κ1) is 12.8. The van der Waals surface area contributed by atoms with Gasteiger partial charge in [-0.2, -0.15) is 8.42 Å². The maximum atomic E-state index is 9.63. The number of hydrogen-bond donors (Lipinski definition) is 5. The topological polar surface area (TPSA) is 150 Å². The molecule has 0 saturated heterocycles. The lowest BCUT2D eigenvalue weighted by Crippen LogP contribution is -2.20. The van der Waals surface area contributed by atoms with Gasteiger partial charge in [0.1, 0.15) is 0 Å². The fourth-order valence-corrected chi connectivity index (χ4v) is 0.346. The molecule has 0 radical (unpaired) electrons. The van der Waals surface area contributed by atoms with Gasteiger partial charge in [-0.25, -0.2) is 0 Å². The second kappa shape index (κ2) is 5.89. The summed E-state index contributed by atoms with van der Waals surface area (Å²) < 4.78 is 27.1. The summed E-state index contributed by atoms with van der Waals surface area (Å²) in [5.74, 6) is -0.910. The summed E-state index contributed by atoms with van der Waals surface area (Å²) in [7, 11) is -3.92. The number of hydrogen-bond acceptors (Lipinski definition) is 4. The molecule has 0 spiro atoms. The first-order valence-corrected chi connectivity index (χ1v) is 4.06. The third-order valence-electron chi connectivity index (χ3n) is 0.349. The molecule has 0 aromatic heterocycles. The number of aliphatic hydroxyl groups is 1. The number of rotatable bonds is 2. The number of nitrogens with one attached hydrogen (secondary N) is 1. The van der Waals surface area contributed by atoms with Crippen molar-refractivity contribution >= 4 is 16.1 Å². The van der Waals surface area contributed by atoms with Gasteiger partial charge in [0, 0.05) is 0 Å². The molecule has 0 bridgehead atoms. The Bertz CT molecular complexity index is 195. The van der Waals surface area contributed by atoms with Crippen LogP contribution in [0.3, 0.4) is 0 Å². The van der Waals surface area contributed by atoms with E-state index in [2.05, 4.69) is 11.5 Å². The lowest BCUT2D eigenvalue weighted by atomic mass is 10.9. The number of nitrogens with two attached hydrogens (primary N) is 2. The second-order valence-electron chi connectivity index (χ2n) is 1.46. The number of guanidine groups is 1. The first-order chi connectivity index (χ1) is 4.79. The van der Waals surface area contributed by atoms with Crippen molar-refractivity contribution < 1.29 is 18.1 Å². The van der Waals surface area contributed by atoms with E-state index >= 15 is 0 Å². The zero-order valence-corrected chi connectivity index (χ0v) is 6.50. The molecule has 0 saturated carbocycles. The fraction of sp³-hybridized carbons (Fsp3) is 0.667. The van der Waals surface area contributed by atoms with Crippen LogP contribution in [0.25, 0.3) is 0 Å². The molecule has 7 nitrogen and oxygen atoms in total. The molecule has 0 aliphatic heterocycles. The summed E-state index contributed by atoms with van der Waals surface area (Å²) >= 11 is 0. The Morgan fingerprint density at radius 1 is 1.45 bits per heavy atom. The van der Waals surface area contributed by atoms with Crippen LogP contribution in [0.15, 0.2) is 0 Å². The monoisotopic (exact) mass is 185 g/mol. The highest BCUT2D eigenvalue weighted by molar-refractivity contribution is 7.85. The Balaban J connectivity index is 0. The lowest BCUT2D eigenvalue weighted by molar-refractivity contribution is 0.315. The third-order valence-corrected chi connectivity index (χ3v) is 1.05. The van der Waals surface area contributed by atoms with E-state index in [9.17, 15) is 8.42 Å². The van der Waals surface area contributed by atoms with Gasteiger partial charge in [-0.05, 0) is 0 Å². The fourth-order valence-electron chi connectivity index (χ4n) is 0.115. The molecule has 8 heteroatoms. The average molecular weight is 185 g/mol. The molecule has 0 atom stereocenters. The van der Waals surface area contributed by atoms with E-state index in [1.165, 1.54) is 0 Å². The van der Waals surface area contributed by atoms with Crippen LogP contribution in [-0.4, -0.2) is 36.4 Å². The van der Waals surface area contributed by atoms with Gasteiger partial charge in [-0.15, -0.1) is 0 Å². The summed E-state index contributed by atoms with van der Waals surface area (Å²) in [5, 5.41) is 13.9. The van der Waals surface area contributed by atoms with Gasteiger partial charge < -0.3 is 16.6 Å². The molecule has 0 heterocycles. The minimum Gasteiger partial charge on any atom is -0.395 e. The molecule has 0 aliphatic rings. The quantitative estimate of drug-likeness (QED) is 0.185. The molecule has 11 heavy (non-hydrogen) atoms. The van der Waals surface area contributed by atoms with Crippen LogP contribution in [-0.2, 0) is 10.1 Å². The molecule has 0 aliphatic carbocycles. The van der Waals surface area contributed by atoms with Crippen LogP contribution in [0.2, 0.25) is 0 Å². The normalized spacial score (nSPS) is 9.64. The molecule has 0 amide bonds. The summed E-state index contributed by atoms with van der Waals surface area (Å²) in [5.41, 5.74) is 8.94. The molecule has 0 aromatic carbocycles. The van der Waals surface area contributed by atoms with Crippen LogP contribution in [0.1, 0.15) is 0 Å². The van der Waals surface area contributed by atoms with Crippen LogP contribution in [0.4, 0.5) is 0 Å². The average Bonchev–Trinajstić information content (AvgIpc) is 1.58. The molecule has 0 aromatic rings. The molecular formula is C3H11N3O4S. The van der Waals surface area contributed by atoms with Crippen molar-refractivity contribution in [2.24, 2.45) is 11.5 Å². The molecule has 0 rings (SSSR count). The van der Waals surface area contributed by atoms with E-state index in [0.29, 0.717) is 0 Å². The molecular weight excluding hydrogens is 174 g/mol.